The summed E-state index contributed by atoms with van der Waals surface area (Å²) in [7, 11) is 1.68. The first-order chi connectivity index (χ1) is 7.20. The van der Waals surface area contributed by atoms with Crippen LogP contribution in [0.4, 0.5) is 0 Å². The van der Waals surface area contributed by atoms with E-state index in [1.807, 2.05) is 13.8 Å². The lowest BCUT2D eigenvalue weighted by atomic mass is 10.4. The van der Waals surface area contributed by atoms with Gasteiger partial charge in [0.2, 0.25) is 0 Å². The highest BCUT2D eigenvalue weighted by Gasteiger charge is 2.01. The van der Waals surface area contributed by atoms with Crippen molar-refractivity contribution in [3.63, 3.8) is 0 Å². The molecule has 0 aliphatic heterocycles. The first-order valence-electron chi connectivity index (χ1n) is 5.31. The molecular formula is C10H22N2O2S. The molecule has 15 heavy (non-hydrogen) atoms. The van der Waals surface area contributed by atoms with Crippen LogP contribution in [0.5, 0.6) is 0 Å². The lowest BCUT2D eigenvalue weighted by molar-refractivity contribution is 0.145. The summed E-state index contributed by atoms with van der Waals surface area (Å²) in [5.74, 6) is 0. The molecular weight excluding hydrogens is 212 g/mol. The van der Waals surface area contributed by atoms with Crippen LogP contribution < -0.4 is 10.6 Å². The van der Waals surface area contributed by atoms with Gasteiger partial charge in [-0.1, -0.05) is 0 Å². The summed E-state index contributed by atoms with van der Waals surface area (Å²) in [4.78, 5) is 0. The lowest BCUT2D eigenvalue weighted by Crippen LogP contribution is -2.42. The molecule has 0 bridgehead atoms. The number of rotatable bonds is 8. The van der Waals surface area contributed by atoms with E-state index in [4.69, 9.17) is 21.7 Å². The standard InChI is InChI=1S/C10H22N2O2S/c1-4-14-7-5-6-11-10(15)12-9(2)8-13-3/h9H,4-8H2,1-3H3,(H2,11,12,15). The number of nitrogens with one attached hydrogen (secondary N) is 2. The average Bonchev–Trinajstić information content (AvgIpc) is 2.17. The molecule has 0 aromatic heterocycles. The van der Waals surface area contributed by atoms with Crippen molar-refractivity contribution < 1.29 is 9.47 Å². The van der Waals surface area contributed by atoms with Crippen LogP contribution in [-0.4, -0.2) is 44.6 Å². The van der Waals surface area contributed by atoms with Crippen LogP contribution in [0, 0.1) is 0 Å². The lowest BCUT2D eigenvalue weighted by Gasteiger charge is -2.15. The molecule has 1 atom stereocenters. The predicted molar refractivity (Wildman–Crippen MR) is 66.2 cm³/mol. The van der Waals surface area contributed by atoms with E-state index in [-0.39, 0.29) is 6.04 Å². The molecule has 0 saturated carbocycles. The molecule has 2 N–H and O–H groups in total. The van der Waals surface area contributed by atoms with E-state index >= 15 is 0 Å². The van der Waals surface area contributed by atoms with E-state index < -0.39 is 0 Å². The summed E-state index contributed by atoms with van der Waals surface area (Å²) in [6.45, 7) is 7.06. The Morgan fingerprint density at radius 1 is 1.47 bits per heavy atom. The highest BCUT2D eigenvalue weighted by molar-refractivity contribution is 7.80. The van der Waals surface area contributed by atoms with Crippen molar-refractivity contribution in [1.82, 2.24) is 10.6 Å². The van der Waals surface area contributed by atoms with Crippen molar-refractivity contribution >= 4 is 17.3 Å². The second-order valence-corrected chi connectivity index (χ2v) is 3.72. The van der Waals surface area contributed by atoms with Gasteiger partial charge in [-0.15, -0.1) is 0 Å². The summed E-state index contributed by atoms with van der Waals surface area (Å²) in [6.07, 6.45) is 0.967. The van der Waals surface area contributed by atoms with Crippen molar-refractivity contribution in [3.05, 3.63) is 0 Å². The van der Waals surface area contributed by atoms with E-state index in [1.165, 1.54) is 0 Å². The van der Waals surface area contributed by atoms with Gasteiger partial charge < -0.3 is 20.1 Å². The minimum Gasteiger partial charge on any atom is -0.383 e. The van der Waals surface area contributed by atoms with Gasteiger partial charge in [0.05, 0.1) is 6.61 Å². The van der Waals surface area contributed by atoms with Crippen LogP contribution in [-0.2, 0) is 9.47 Å². The van der Waals surface area contributed by atoms with Gasteiger partial charge in [-0.25, -0.2) is 0 Å². The van der Waals surface area contributed by atoms with Crippen molar-refractivity contribution in [2.75, 3.05) is 33.5 Å². The van der Waals surface area contributed by atoms with Gasteiger partial charge in [0, 0.05) is 32.9 Å². The maximum Gasteiger partial charge on any atom is 0.166 e. The van der Waals surface area contributed by atoms with E-state index in [0.717, 1.165) is 26.2 Å². The van der Waals surface area contributed by atoms with Crippen LogP contribution in [0.2, 0.25) is 0 Å². The smallest absolute Gasteiger partial charge is 0.166 e. The second-order valence-electron chi connectivity index (χ2n) is 3.31. The first kappa shape index (κ1) is 14.6. The Balaban J connectivity index is 3.32. The summed E-state index contributed by atoms with van der Waals surface area (Å²) >= 11 is 5.10. The first-order valence-corrected chi connectivity index (χ1v) is 5.72. The van der Waals surface area contributed by atoms with Crippen LogP contribution in [0.25, 0.3) is 0 Å². The van der Waals surface area contributed by atoms with Crippen molar-refractivity contribution in [2.24, 2.45) is 0 Å². The molecule has 4 nitrogen and oxygen atoms in total. The van der Waals surface area contributed by atoms with E-state index in [0.29, 0.717) is 11.7 Å². The summed E-state index contributed by atoms with van der Waals surface area (Å²) in [5.41, 5.74) is 0. The van der Waals surface area contributed by atoms with Crippen LogP contribution in [0.15, 0.2) is 0 Å². The molecule has 0 rings (SSSR count). The van der Waals surface area contributed by atoms with Crippen molar-refractivity contribution in [2.45, 2.75) is 26.3 Å². The van der Waals surface area contributed by atoms with Gasteiger partial charge in [0.15, 0.2) is 5.11 Å². The molecule has 0 fully saturated rings. The Labute approximate surface area is 97.7 Å². The third-order valence-electron chi connectivity index (χ3n) is 1.75. The van der Waals surface area contributed by atoms with Gasteiger partial charge in [-0.05, 0) is 32.5 Å². The molecule has 0 aliphatic rings. The molecule has 0 heterocycles. The molecule has 0 aromatic rings. The summed E-state index contributed by atoms with van der Waals surface area (Å²) in [6, 6.07) is 0.238. The molecule has 90 valence electrons. The Morgan fingerprint density at radius 3 is 2.80 bits per heavy atom. The second kappa shape index (κ2) is 10.1. The van der Waals surface area contributed by atoms with Gasteiger partial charge >= 0.3 is 0 Å². The Morgan fingerprint density at radius 2 is 2.20 bits per heavy atom. The highest BCUT2D eigenvalue weighted by atomic mass is 32.1. The Bertz CT molecular complexity index is 168. The molecule has 0 saturated heterocycles. The normalized spacial score (nSPS) is 12.2. The molecule has 0 spiro atoms. The van der Waals surface area contributed by atoms with Crippen molar-refractivity contribution in [3.8, 4) is 0 Å². The van der Waals surface area contributed by atoms with Gasteiger partial charge in [-0.2, -0.15) is 0 Å². The molecule has 5 heteroatoms. The zero-order chi connectivity index (χ0) is 11.5. The average molecular weight is 234 g/mol. The van der Waals surface area contributed by atoms with Crippen LogP contribution in [0.3, 0.4) is 0 Å². The fourth-order valence-electron chi connectivity index (χ4n) is 1.09. The van der Waals surface area contributed by atoms with Crippen LogP contribution >= 0.6 is 12.2 Å². The third kappa shape index (κ3) is 9.90. The van der Waals surface area contributed by atoms with E-state index in [1.54, 1.807) is 7.11 Å². The molecule has 0 aromatic carbocycles. The minimum absolute atomic E-state index is 0.238. The van der Waals surface area contributed by atoms with Gasteiger partial charge in [0.25, 0.3) is 0 Å². The summed E-state index contributed by atoms with van der Waals surface area (Å²) in [5, 5.41) is 6.92. The molecule has 1 unspecified atom stereocenters. The third-order valence-corrected chi connectivity index (χ3v) is 2.01. The maximum absolute atomic E-state index is 5.21. The number of ether oxygens (including phenoxy) is 2. The maximum atomic E-state index is 5.21. The number of hydrogen-bond donors (Lipinski definition) is 2. The minimum atomic E-state index is 0.238. The summed E-state index contributed by atoms with van der Waals surface area (Å²) < 4.78 is 10.2. The number of thiocarbonyl (C=S) groups is 1. The fourth-order valence-corrected chi connectivity index (χ4v) is 1.39. The van der Waals surface area contributed by atoms with Crippen LogP contribution in [0.1, 0.15) is 20.3 Å². The zero-order valence-electron chi connectivity index (χ0n) is 9.84. The predicted octanol–water partition coefficient (Wildman–Crippen LogP) is 0.912. The van der Waals surface area contributed by atoms with E-state index in [2.05, 4.69) is 10.6 Å². The molecule has 0 amide bonds. The molecule has 0 radical (unpaired) electrons. The Hall–Kier alpha value is -0.390. The number of methoxy groups -OCH3 is 1. The fraction of sp³-hybridized carbons (Fsp3) is 0.900. The van der Waals surface area contributed by atoms with Crippen molar-refractivity contribution in [1.29, 1.82) is 0 Å². The largest absolute Gasteiger partial charge is 0.383 e. The quantitative estimate of drug-likeness (QED) is 0.483. The monoisotopic (exact) mass is 234 g/mol. The van der Waals surface area contributed by atoms with Gasteiger partial charge in [-0.3, -0.25) is 0 Å². The zero-order valence-corrected chi connectivity index (χ0v) is 10.7. The number of hydrogen-bond acceptors (Lipinski definition) is 3. The topological polar surface area (TPSA) is 42.5 Å². The highest BCUT2D eigenvalue weighted by Crippen LogP contribution is 1.84. The SMILES string of the molecule is CCOCCCNC(=S)NC(C)COC. The van der Waals surface area contributed by atoms with Gasteiger partial charge in [0.1, 0.15) is 0 Å². The molecule has 0 aliphatic carbocycles. The Kier molecular flexibility index (Phi) is 9.88. The van der Waals surface area contributed by atoms with E-state index in [9.17, 15) is 0 Å².